The Labute approximate surface area is 119 Å². The number of carboxylic acid groups (broad SMARTS) is 2. The summed E-state index contributed by atoms with van der Waals surface area (Å²) < 4.78 is 0. The monoisotopic (exact) mass is 278 g/mol. The SMILES string of the molecule is C/C=C/C(/C=C/C)(C(=O)O)C(/C=C/C)(/C=C/C)C(=O)O. The maximum Gasteiger partial charge on any atom is 0.319 e. The molecule has 4 heteroatoms. The summed E-state index contributed by atoms with van der Waals surface area (Å²) in [6, 6.07) is 0. The minimum Gasteiger partial charge on any atom is -0.480 e. The van der Waals surface area contributed by atoms with Crippen LogP contribution in [0.15, 0.2) is 48.6 Å². The van der Waals surface area contributed by atoms with Gasteiger partial charge in [0.25, 0.3) is 0 Å². The van der Waals surface area contributed by atoms with E-state index in [9.17, 15) is 19.8 Å². The standard InChI is InChI=1S/C16H22O4/c1-5-9-15(10-6-2,13(17)18)16(11-7-3,12-8-4)14(19)20/h5-12H,1-4H3,(H,17,18)(H,19,20)/b9-5+,10-6+,11-7+,12-8+. The molecule has 2 N–H and O–H groups in total. The predicted octanol–water partition coefficient (Wildman–Crippen LogP) is 3.43. The van der Waals surface area contributed by atoms with Crippen LogP contribution in [0, 0.1) is 10.8 Å². The van der Waals surface area contributed by atoms with Crippen molar-refractivity contribution in [2.75, 3.05) is 0 Å². The molecular formula is C16H22O4. The third kappa shape index (κ3) is 2.90. The van der Waals surface area contributed by atoms with E-state index in [1.807, 2.05) is 0 Å². The zero-order chi connectivity index (χ0) is 15.8. The van der Waals surface area contributed by atoms with Gasteiger partial charge in [0.15, 0.2) is 0 Å². The van der Waals surface area contributed by atoms with Crippen molar-refractivity contribution >= 4 is 11.9 Å². The van der Waals surface area contributed by atoms with Crippen molar-refractivity contribution in [2.24, 2.45) is 10.8 Å². The normalized spacial score (nSPS) is 14.0. The van der Waals surface area contributed by atoms with Gasteiger partial charge < -0.3 is 10.2 Å². The van der Waals surface area contributed by atoms with Gasteiger partial charge in [0.1, 0.15) is 10.8 Å². The van der Waals surface area contributed by atoms with Crippen LogP contribution in [0.5, 0.6) is 0 Å². The molecule has 0 aliphatic carbocycles. The molecule has 0 aromatic heterocycles. The van der Waals surface area contributed by atoms with Crippen molar-refractivity contribution in [3.8, 4) is 0 Å². The van der Waals surface area contributed by atoms with Gasteiger partial charge >= 0.3 is 11.9 Å². The Balaban J connectivity index is 6.71. The van der Waals surface area contributed by atoms with Crippen LogP contribution in [-0.4, -0.2) is 22.2 Å². The van der Waals surface area contributed by atoms with E-state index in [-0.39, 0.29) is 0 Å². The Bertz CT molecular complexity index is 399. The van der Waals surface area contributed by atoms with Gasteiger partial charge in [0, 0.05) is 0 Å². The van der Waals surface area contributed by atoms with Crippen molar-refractivity contribution < 1.29 is 19.8 Å². The third-order valence-corrected chi connectivity index (χ3v) is 3.11. The van der Waals surface area contributed by atoms with Crippen molar-refractivity contribution in [3.63, 3.8) is 0 Å². The summed E-state index contributed by atoms with van der Waals surface area (Å²) in [7, 11) is 0. The van der Waals surface area contributed by atoms with Crippen molar-refractivity contribution in [2.45, 2.75) is 27.7 Å². The molecule has 0 spiro atoms. The van der Waals surface area contributed by atoms with E-state index in [0.717, 1.165) is 0 Å². The Morgan fingerprint density at radius 1 is 0.650 bits per heavy atom. The number of hydrogen-bond acceptors (Lipinski definition) is 2. The molecule has 0 fully saturated rings. The molecule has 0 unspecified atom stereocenters. The van der Waals surface area contributed by atoms with Crippen LogP contribution in [0.1, 0.15) is 27.7 Å². The average Bonchev–Trinajstić information content (AvgIpc) is 2.37. The highest BCUT2D eigenvalue weighted by Gasteiger charge is 2.55. The summed E-state index contributed by atoms with van der Waals surface area (Å²) in [5.41, 5.74) is -3.36. The summed E-state index contributed by atoms with van der Waals surface area (Å²) >= 11 is 0. The summed E-state index contributed by atoms with van der Waals surface area (Å²) in [6.07, 6.45) is 11.8. The predicted molar refractivity (Wildman–Crippen MR) is 79.4 cm³/mol. The highest BCUT2D eigenvalue weighted by molar-refractivity contribution is 5.93. The Hall–Kier alpha value is -2.10. The van der Waals surface area contributed by atoms with E-state index in [1.165, 1.54) is 24.3 Å². The molecule has 0 amide bonds. The van der Waals surface area contributed by atoms with E-state index in [1.54, 1.807) is 52.0 Å². The Morgan fingerprint density at radius 3 is 0.950 bits per heavy atom. The molecule has 0 bridgehead atoms. The van der Waals surface area contributed by atoms with Crippen LogP contribution in [0.3, 0.4) is 0 Å². The maximum atomic E-state index is 11.9. The molecule has 0 heterocycles. The summed E-state index contributed by atoms with van der Waals surface area (Å²) in [5, 5.41) is 19.4. The molecule has 0 aromatic carbocycles. The van der Waals surface area contributed by atoms with Gasteiger partial charge in [-0.3, -0.25) is 9.59 Å². The molecule has 0 radical (unpaired) electrons. The van der Waals surface area contributed by atoms with Crippen molar-refractivity contribution in [1.82, 2.24) is 0 Å². The van der Waals surface area contributed by atoms with Crippen LogP contribution in [0.2, 0.25) is 0 Å². The first-order valence-electron chi connectivity index (χ1n) is 6.40. The van der Waals surface area contributed by atoms with Crippen LogP contribution in [-0.2, 0) is 9.59 Å². The Morgan fingerprint density at radius 2 is 0.850 bits per heavy atom. The first-order valence-corrected chi connectivity index (χ1v) is 6.40. The van der Waals surface area contributed by atoms with E-state index in [0.29, 0.717) is 0 Å². The quantitative estimate of drug-likeness (QED) is 0.700. The summed E-state index contributed by atoms with van der Waals surface area (Å²) in [5.74, 6) is -2.43. The molecule has 110 valence electrons. The fourth-order valence-corrected chi connectivity index (χ4v) is 2.35. The minimum atomic E-state index is -1.68. The molecule has 0 aliphatic heterocycles. The average molecular weight is 278 g/mol. The van der Waals surface area contributed by atoms with Crippen molar-refractivity contribution in [3.05, 3.63) is 48.6 Å². The molecule has 0 saturated carbocycles. The summed E-state index contributed by atoms with van der Waals surface area (Å²) in [6.45, 7) is 6.66. The highest BCUT2D eigenvalue weighted by Crippen LogP contribution is 2.46. The highest BCUT2D eigenvalue weighted by atomic mass is 16.4. The van der Waals surface area contributed by atoms with E-state index < -0.39 is 22.8 Å². The van der Waals surface area contributed by atoms with Gasteiger partial charge in [-0.1, -0.05) is 48.6 Å². The smallest absolute Gasteiger partial charge is 0.319 e. The number of aliphatic carboxylic acids is 2. The van der Waals surface area contributed by atoms with Crippen LogP contribution >= 0.6 is 0 Å². The van der Waals surface area contributed by atoms with Crippen molar-refractivity contribution in [1.29, 1.82) is 0 Å². The van der Waals surface area contributed by atoms with Gasteiger partial charge in [0.2, 0.25) is 0 Å². The lowest BCUT2D eigenvalue weighted by Crippen LogP contribution is -2.48. The number of allylic oxidation sites excluding steroid dienone is 4. The number of hydrogen-bond donors (Lipinski definition) is 2. The third-order valence-electron chi connectivity index (χ3n) is 3.11. The van der Waals surface area contributed by atoms with E-state index in [2.05, 4.69) is 0 Å². The van der Waals surface area contributed by atoms with Crippen LogP contribution in [0.4, 0.5) is 0 Å². The van der Waals surface area contributed by atoms with E-state index in [4.69, 9.17) is 0 Å². The fraction of sp³-hybridized carbons (Fsp3) is 0.375. The lowest BCUT2D eigenvalue weighted by molar-refractivity contribution is -0.158. The van der Waals surface area contributed by atoms with Gasteiger partial charge in [-0.2, -0.15) is 0 Å². The molecule has 0 rings (SSSR count). The lowest BCUT2D eigenvalue weighted by Gasteiger charge is -2.37. The van der Waals surface area contributed by atoms with Crippen LogP contribution < -0.4 is 0 Å². The van der Waals surface area contributed by atoms with Gasteiger partial charge in [0.05, 0.1) is 0 Å². The maximum absolute atomic E-state index is 11.9. The second-order valence-corrected chi connectivity index (χ2v) is 4.35. The second-order valence-electron chi connectivity index (χ2n) is 4.35. The molecule has 4 nitrogen and oxygen atoms in total. The molecule has 20 heavy (non-hydrogen) atoms. The number of rotatable bonds is 7. The minimum absolute atomic E-state index is 1.22. The Kier molecular flexibility index (Phi) is 6.69. The molecule has 0 atom stereocenters. The van der Waals surface area contributed by atoms with E-state index >= 15 is 0 Å². The molecule has 0 aromatic rings. The largest absolute Gasteiger partial charge is 0.480 e. The topological polar surface area (TPSA) is 74.6 Å². The van der Waals surface area contributed by atoms with Crippen LogP contribution in [0.25, 0.3) is 0 Å². The first-order chi connectivity index (χ1) is 9.38. The fourth-order valence-electron chi connectivity index (χ4n) is 2.35. The second kappa shape index (κ2) is 7.48. The summed E-state index contributed by atoms with van der Waals surface area (Å²) in [4.78, 5) is 23.7. The van der Waals surface area contributed by atoms with Gasteiger partial charge in [-0.15, -0.1) is 0 Å². The van der Waals surface area contributed by atoms with Gasteiger partial charge in [-0.25, -0.2) is 0 Å². The molecule has 0 saturated heterocycles. The van der Waals surface area contributed by atoms with Gasteiger partial charge in [-0.05, 0) is 27.7 Å². The zero-order valence-electron chi connectivity index (χ0n) is 12.3. The molecule has 0 aliphatic rings. The first kappa shape index (κ1) is 17.9. The number of carboxylic acids is 2. The lowest BCUT2D eigenvalue weighted by atomic mass is 9.62. The number of carbonyl (C=O) groups is 2. The molecular weight excluding hydrogens is 256 g/mol. The zero-order valence-corrected chi connectivity index (χ0v) is 12.3.